The van der Waals surface area contributed by atoms with Crippen LogP contribution < -0.4 is 10.6 Å². The molecule has 2 heterocycles. The molecule has 0 amide bonds. The normalized spacial score (nSPS) is 10.4. The third kappa shape index (κ3) is 16.7. The SMILES string of the molecule is CCOC(=O)c1ccc(Cc2nc(Cc3ccc(CC)cc3)nc(Nc3cccc(C)c3)n2)cc1.CCOC(=O)c1ccc(Nc2nc(Cc3ccc(C)cc3)nc(Cc3ccc(C)cc3)n2)cc1.O=C=O. The third-order valence-corrected chi connectivity index (χ3v) is 11.0. The Morgan fingerprint density at radius 2 is 0.778 bits per heavy atom. The number of hydrogen-bond donors (Lipinski definition) is 2. The number of ether oxygens (including phenoxy) is 2. The summed E-state index contributed by atoms with van der Waals surface area (Å²) in [5.74, 6) is 3.11. The summed E-state index contributed by atoms with van der Waals surface area (Å²) >= 11 is 0. The highest BCUT2D eigenvalue weighted by molar-refractivity contribution is 5.90. The lowest BCUT2D eigenvalue weighted by Gasteiger charge is -2.10. The minimum atomic E-state index is -0.338. The first-order chi connectivity index (χ1) is 34.9. The molecule has 8 aromatic rings. The molecule has 0 radical (unpaired) electrons. The van der Waals surface area contributed by atoms with Gasteiger partial charge in [-0.05, 0) is 123 Å². The lowest BCUT2D eigenvalue weighted by molar-refractivity contribution is -0.191. The largest absolute Gasteiger partial charge is 0.462 e. The molecule has 0 saturated carbocycles. The van der Waals surface area contributed by atoms with E-state index in [0.717, 1.165) is 45.6 Å². The van der Waals surface area contributed by atoms with E-state index in [0.29, 0.717) is 85.2 Å². The van der Waals surface area contributed by atoms with E-state index in [2.05, 4.69) is 138 Å². The summed E-state index contributed by atoms with van der Waals surface area (Å²) in [4.78, 5) is 68.3. The van der Waals surface area contributed by atoms with Crippen molar-refractivity contribution in [3.63, 3.8) is 0 Å². The minimum Gasteiger partial charge on any atom is -0.462 e. The molecule has 0 bridgehead atoms. The molecule has 0 aliphatic rings. The van der Waals surface area contributed by atoms with Crippen molar-refractivity contribution in [3.8, 4) is 0 Å². The van der Waals surface area contributed by atoms with Gasteiger partial charge in [0.1, 0.15) is 23.3 Å². The summed E-state index contributed by atoms with van der Waals surface area (Å²) < 4.78 is 10.1. The smallest absolute Gasteiger partial charge is 0.373 e. The number of benzene rings is 6. The van der Waals surface area contributed by atoms with Crippen LogP contribution >= 0.6 is 0 Å². The summed E-state index contributed by atoms with van der Waals surface area (Å²) in [6, 6.07) is 47.9. The third-order valence-electron chi connectivity index (χ3n) is 11.0. The molecular weight excluding hydrogens is 905 g/mol. The highest BCUT2D eigenvalue weighted by atomic mass is 16.5. The molecule has 0 atom stereocenters. The van der Waals surface area contributed by atoms with Gasteiger partial charge in [0, 0.05) is 37.1 Å². The summed E-state index contributed by atoms with van der Waals surface area (Å²) in [5.41, 5.74) is 12.1. The standard InChI is InChI=1S/C29H30N4O2.C28H28N4O2.CO2/c1-4-21-9-11-22(12-10-21)18-26-31-27(19-23-13-15-24(16-14-23)28(34)35-5-2)33-29(32-26)30-25-8-6-7-20(3)17-25;1-4-34-27(33)23-13-15-24(16-14-23)29-28-31-25(17-21-9-5-19(2)6-10-21)30-26(32-28)18-22-11-7-20(3)8-12-22;2-1-3/h6-17H,4-5,18-19H2,1-3H3,(H,30,31,32,33);5-16H,4,17-18H2,1-3H3,(H,29,30,31,32);. The van der Waals surface area contributed by atoms with Crippen molar-refractivity contribution in [2.24, 2.45) is 0 Å². The monoisotopic (exact) mass is 962 g/mol. The summed E-state index contributed by atoms with van der Waals surface area (Å²) in [6.07, 6.45) is 3.62. The van der Waals surface area contributed by atoms with E-state index in [1.807, 2.05) is 36.4 Å². The highest BCUT2D eigenvalue weighted by Crippen LogP contribution is 2.20. The first-order valence-corrected chi connectivity index (χ1v) is 23.7. The van der Waals surface area contributed by atoms with Crippen LogP contribution in [0, 0.1) is 20.8 Å². The fourth-order valence-electron chi connectivity index (χ4n) is 7.26. The topological polar surface area (TPSA) is 188 Å². The average molecular weight is 963 g/mol. The van der Waals surface area contributed by atoms with Gasteiger partial charge in [-0.2, -0.15) is 29.5 Å². The molecule has 0 fully saturated rings. The van der Waals surface area contributed by atoms with Crippen LogP contribution in [-0.2, 0) is 51.2 Å². The molecule has 2 aromatic heterocycles. The van der Waals surface area contributed by atoms with Crippen molar-refractivity contribution in [3.05, 3.63) is 225 Å². The molecule has 72 heavy (non-hydrogen) atoms. The van der Waals surface area contributed by atoms with Gasteiger partial charge in [-0.25, -0.2) is 19.6 Å². The predicted octanol–water partition coefficient (Wildman–Crippen LogP) is 10.9. The maximum Gasteiger partial charge on any atom is 0.373 e. The van der Waals surface area contributed by atoms with Gasteiger partial charge in [-0.3, -0.25) is 0 Å². The fraction of sp³-hybridized carbons (Fsp3) is 0.224. The van der Waals surface area contributed by atoms with Crippen molar-refractivity contribution in [1.82, 2.24) is 29.9 Å². The lowest BCUT2D eigenvalue weighted by Crippen LogP contribution is -2.09. The number of nitrogens with zero attached hydrogens (tertiary/aromatic N) is 6. The van der Waals surface area contributed by atoms with Gasteiger partial charge >= 0.3 is 18.1 Å². The summed E-state index contributed by atoms with van der Waals surface area (Å²) in [5, 5.41) is 6.59. The zero-order valence-corrected chi connectivity index (χ0v) is 41.4. The Balaban J connectivity index is 0.000000223. The minimum absolute atomic E-state index is 0.250. The van der Waals surface area contributed by atoms with Gasteiger partial charge < -0.3 is 20.1 Å². The molecule has 14 nitrogen and oxygen atoms in total. The average Bonchev–Trinajstić information content (AvgIpc) is 3.36. The molecule has 366 valence electrons. The van der Waals surface area contributed by atoms with Crippen molar-refractivity contribution in [1.29, 1.82) is 0 Å². The maximum absolute atomic E-state index is 12.0. The van der Waals surface area contributed by atoms with Crippen LogP contribution in [0.4, 0.5) is 23.3 Å². The second kappa shape index (κ2) is 26.9. The van der Waals surface area contributed by atoms with Crippen LogP contribution in [0.15, 0.2) is 146 Å². The number of carbonyl (C=O) groups excluding carboxylic acids is 4. The van der Waals surface area contributed by atoms with Crippen molar-refractivity contribution in [2.75, 3.05) is 23.8 Å². The number of hydrogen-bond acceptors (Lipinski definition) is 14. The number of esters is 2. The fourth-order valence-corrected chi connectivity index (χ4v) is 7.26. The van der Waals surface area contributed by atoms with E-state index in [1.54, 1.807) is 38.1 Å². The van der Waals surface area contributed by atoms with Gasteiger partial charge in [0.2, 0.25) is 11.9 Å². The predicted molar refractivity (Wildman–Crippen MR) is 277 cm³/mol. The van der Waals surface area contributed by atoms with Crippen LogP contribution in [0.1, 0.15) is 109 Å². The van der Waals surface area contributed by atoms with Crippen molar-refractivity contribution in [2.45, 2.75) is 73.6 Å². The Morgan fingerprint density at radius 1 is 0.431 bits per heavy atom. The van der Waals surface area contributed by atoms with E-state index in [-0.39, 0.29) is 18.1 Å². The van der Waals surface area contributed by atoms with Crippen LogP contribution in [0.2, 0.25) is 0 Å². The molecule has 0 saturated heterocycles. The van der Waals surface area contributed by atoms with Crippen molar-refractivity contribution >= 4 is 41.4 Å². The van der Waals surface area contributed by atoms with E-state index in [1.165, 1.54) is 16.7 Å². The van der Waals surface area contributed by atoms with Gasteiger partial charge in [0.15, 0.2) is 0 Å². The quantitative estimate of drug-likeness (QED) is 0.0820. The Bertz CT molecular complexity index is 2980. The number of aromatic nitrogens is 6. The molecule has 6 aromatic carbocycles. The molecule has 2 N–H and O–H groups in total. The Morgan fingerprint density at radius 3 is 1.15 bits per heavy atom. The Hall–Kier alpha value is -8.74. The summed E-state index contributed by atoms with van der Waals surface area (Å²) in [6.45, 7) is 12.6. The van der Waals surface area contributed by atoms with E-state index in [9.17, 15) is 9.59 Å². The van der Waals surface area contributed by atoms with Gasteiger partial charge in [0.05, 0.1) is 24.3 Å². The van der Waals surface area contributed by atoms with Crippen LogP contribution in [0.25, 0.3) is 0 Å². The van der Waals surface area contributed by atoms with E-state index < -0.39 is 0 Å². The molecule has 0 spiro atoms. The second-order valence-electron chi connectivity index (χ2n) is 16.7. The summed E-state index contributed by atoms with van der Waals surface area (Å²) in [7, 11) is 0. The highest BCUT2D eigenvalue weighted by Gasteiger charge is 2.13. The zero-order valence-electron chi connectivity index (χ0n) is 41.4. The second-order valence-corrected chi connectivity index (χ2v) is 16.7. The maximum atomic E-state index is 12.0. The molecule has 14 heteroatoms. The Labute approximate surface area is 420 Å². The molecule has 0 unspecified atom stereocenters. The van der Waals surface area contributed by atoms with E-state index >= 15 is 0 Å². The number of aryl methyl sites for hydroxylation is 4. The number of rotatable bonds is 17. The molecule has 8 rings (SSSR count). The van der Waals surface area contributed by atoms with Crippen LogP contribution in [0.5, 0.6) is 0 Å². The molecule has 0 aliphatic heterocycles. The van der Waals surface area contributed by atoms with Gasteiger partial charge in [0.25, 0.3) is 0 Å². The van der Waals surface area contributed by atoms with Gasteiger partial charge in [-0.15, -0.1) is 0 Å². The van der Waals surface area contributed by atoms with Crippen LogP contribution in [0.3, 0.4) is 0 Å². The molecule has 0 aliphatic carbocycles. The zero-order chi connectivity index (χ0) is 51.2. The van der Waals surface area contributed by atoms with Gasteiger partial charge in [-0.1, -0.05) is 115 Å². The number of carbonyl (C=O) groups is 2. The first kappa shape index (κ1) is 52.6. The Kier molecular flexibility index (Phi) is 19.6. The first-order valence-electron chi connectivity index (χ1n) is 23.7. The number of anilines is 4. The van der Waals surface area contributed by atoms with Crippen LogP contribution in [-0.4, -0.2) is 61.2 Å². The molecular formula is C58H58N8O6. The van der Waals surface area contributed by atoms with Crippen molar-refractivity contribution < 1.29 is 28.7 Å². The number of nitrogens with one attached hydrogen (secondary N) is 2. The van der Waals surface area contributed by atoms with E-state index in [4.69, 9.17) is 34.0 Å². The lowest BCUT2D eigenvalue weighted by atomic mass is 10.1.